The molecule has 29 heavy (non-hydrogen) atoms. The average molecular weight is 402 g/mol. The normalized spacial score (nSPS) is 14.1. The van der Waals surface area contributed by atoms with Gasteiger partial charge in [-0.1, -0.05) is 82.2 Å². The van der Waals surface area contributed by atoms with E-state index in [0.717, 1.165) is 11.1 Å². The molecule has 0 saturated carbocycles. The minimum absolute atomic E-state index is 0.134. The zero-order chi connectivity index (χ0) is 21.5. The number of carbonyl (C=O) groups excluding carboxylic acids is 1. The third-order valence-corrected chi connectivity index (χ3v) is 5.04. The van der Waals surface area contributed by atoms with Gasteiger partial charge in [0.1, 0.15) is 5.75 Å². The summed E-state index contributed by atoms with van der Waals surface area (Å²) < 4.78 is 0. The predicted molar refractivity (Wildman–Crippen MR) is 121 cm³/mol. The standard InChI is InChI=1S/C25H39NO3/c1-4-5-6-7-8-9-10-20(2)17-21(3)11-16-25(29)26-23(19-27)18-22-12-14-24(28)15-13-22/h11-17,20,23,27-28H,4-10,18-19H2,1-3H3,(H,26,29). The van der Waals surface area contributed by atoms with Crippen LogP contribution in [0.15, 0.2) is 48.1 Å². The Hall–Kier alpha value is -2.07. The maximum atomic E-state index is 12.2. The van der Waals surface area contributed by atoms with Crippen molar-refractivity contribution < 1.29 is 15.0 Å². The van der Waals surface area contributed by atoms with Crippen LogP contribution in [-0.2, 0) is 11.2 Å². The van der Waals surface area contributed by atoms with E-state index in [-0.39, 0.29) is 24.3 Å². The molecule has 0 saturated heterocycles. The fraction of sp³-hybridized carbons (Fsp3) is 0.560. The first-order valence-corrected chi connectivity index (χ1v) is 11.0. The Morgan fingerprint density at radius 3 is 2.38 bits per heavy atom. The second-order valence-electron chi connectivity index (χ2n) is 8.04. The maximum Gasteiger partial charge on any atom is 0.244 e. The summed E-state index contributed by atoms with van der Waals surface area (Å²) in [4.78, 5) is 12.2. The van der Waals surface area contributed by atoms with E-state index in [1.165, 1.54) is 51.0 Å². The third kappa shape index (κ3) is 12.2. The van der Waals surface area contributed by atoms with Crippen LogP contribution < -0.4 is 5.32 Å². The van der Waals surface area contributed by atoms with Gasteiger partial charge in [-0.3, -0.25) is 4.79 Å². The molecular weight excluding hydrogens is 362 g/mol. The molecule has 1 aromatic carbocycles. The van der Waals surface area contributed by atoms with Gasteiger partial charge < -0.3 is 15.5 Å². The second-order valence-corrected chi connectivity index (χ2v) is 8.04. The topological polar surface area (TPSA) is 69.6 Å². The summed E-state index contributed by atoms with van der Waals surface area (Å²) in [7, 11) is 0. The summed E-state index contributed by atoms with van der Waals surface area (Å²) in [6.07, 6.45) is 15.2. The zero-order valence-corrected chi connectivity index (χ0v) is 18.4. The first-order chi connectivity index (χ1) is 13.9. The highest BCUT2D eigenvalue weighted by Gasteiger charge is 2.10. The number of aliphatic hydroxyl groups excluding tert-OH is 1. The van der Waals surface area contributed by atoms with Crippen LogP contribution in [0.3, 0.4) is 0 Å². The van der Waals surface area contributed by atoms with Crippen LogP contribution in [-0.4, -0.2) is 28.8 Å². The summed E-state index contributed by atoms with van der Waals surface area (Å²) in [6.45, 7) is 6.35. The molecule has 0 radical (unpaired) electrons. The van der Waals surface area contributed by atoms with Crippen molar-refractivity contribution in [2.45, 2.75) is 78.2 Å². The number of phenols is 1. The van der Waals surface area contributed by atoms with Gasteiger partial charge in [-0.15, -0.1) is 0 Å². The van der Waals surface area contributed by atoms with Crippen LogP contribution in [0, 0.1) is 5.92 Å². The van der Waals surface area contributed by atoms with E-state index in [1.807, 2.05) is 13.0 Å². The zero-order valence-electron chi connectivity index (χ0n) is 18.4. The molecule has 2 atom stereocenters. The van der Waals surface area contributed by atoms with Gasteiger partial charge in [-0.05, 0) is 43.4 Å². The van der Waals surface area contributed by atoms with Gasteiger partial charge in [-0.2, -0.15) is 0 Å². The van der Waals surface area contributed by atoms with Crippen molar-refractivity contribution in [1.29, 1.82) is 0 Å². The molecule has 1 amide bonds. The summed E-state index contributed by atoms with van der Waals surface area (Å²) in [5, 5.41) is 21.7. The fourth-order valence-corrected chi connectivity index (χ4v) is 3.37. The molecule has 0 spiro atoms. The van der Waals surface area contributed by atoms with Crippen LogP contribution in [0.4, 0.5) is 0 Å². The van der Waals surface area contributed by atoms with E-state index in [2.05, 4.69) is 25.2 Å². The molecule has 162 valence electrons. The lowest BCUT2D eigenvalue weighted by Crippen LogP contribution is -2.38. The molecule has 0 bridgehead atoms. The number of aromatic hydroxyl groups is 1. The largest absolute Gasteiger partial charge is 0.508 e. The quantitative estimate of drug-likeness (QED) is 0.225. The number of phenolic OH excluding ortho intramolecular Hbond substituents is 1. The molecule has 4 heteroatoms. The molecule has 2 unspecified atom stereocenters. The Balaban J connectivity index is 2.38. The number of hydrogen-bond acceptors (Lipinski definition) is 3. The fourth-order valence-electron chi connectivity index (χ4n) is 3.37. The molecule has 1 aromatic rings. The van der Waals surface area contributed by atoms with Gasteiger partial charge in [0.15, 0.2) is 0 Å². The van der Waals surface area contributed by atoms with E-state index in [9.17, 15) is 15.0 Å². The Morgan fingerprint density at radius 1 is 1.07 bits per heavy atom. The molecule has 0 aromatic heterocycles. The number of nitrogens with one attached hydrogen (secondary N) is 1. The van der Waals surface area contributed by atoms with Gasteiger partial charge >= 0.3 is 0 Å². The number of benzene rings is 1. The molecule has 3 N–H and O–H groups in total. The van der Waals surface area contributed by atoms with Crippen molar-refractivity contribution in [3.8, 4) is 5.75 Å². The van der Waals surface area contributed by atoms with E-state index >= 15 is 0 Å². The lowest BCUT2D eigenvalue weighted by Gasteiger charge is -2.15. The summed E-state index contributed by atoms with van der Waals surface area (Å²) >= 11 is 0. The minimum atomic E-state index is -0.354. The molecule has 4 nitrogen and oxygen atoms in total. The van der Waals surface area contributed by atoms with Gasteiger partial charge in [-0.25, -0.2) is 0 Å². The van der Waals surface area contributed by atoms with Crippen LogP contribution in [0.1, 0.15) is 71.3 Å². The Morgan fingerprint density at radius 2 is 1.72 bits per heavy atom. The molecule has 0 heterocycles. The lowest BCUT2D eigenvalue weighted by molar-refractivity contribution is -0.117. The number of amides is 1. The predicted octanol–water partition coefficient (Wildman–Crippen LogP) is 5.30. The molecule has 0 aliphatic rings. The summed E-state index contributed by atoms with van der Waals surface area (Å²) in [5.41, 5.74) is 2.03. The Labute approximate surface area is 176 Å². The lowest BCUT2D eigenvalue weighted by atomic mass is 9.99. The minimum Gasteiger partial charge on any atom is -0.508 e. The van der Waals surface area contributed by atoms with Crippen molar-refractivity contribution in [3.05, 3.63) is 53.6 Å². The van der Waals surface area contributed by atoms with E-state index in [1.54, 1.807) is 24.3 Å². The number of rotatable bonds is 14. The van der Waals surface area contributed by atoms with Gasteiger partial charge in [0.25, 0.3) is 0 Å². The van der Waals surface area contributed by atoms with E-state index in [4.69, 9.17) is 0 Å². The maximum absolute atomic E-state index is 12.2. The van der Waals surface area contributed by atoms with Crippen molar-refractivity contribution in [3.63, 3.8) is 0 Å². The summed E-state index contributed by atoms with van der Waals surface area (Å²) in [5.74, 6) is 0.502. The van der Waals surface area contributed by atoms with Crippen LogP contribution in [0.2, 0.25) is 0 Å². The van der Waals surface area contributed by atoms with E-state index < -0.39 is 0 Å². The highest BCUT2D eigenvalue weighted by Crippen LogP contribution is 2.15. The van der Waals surface area contributed by atoms with Crippen molar-refractivity contribution in [1.82, 2.24) is 5.32 Å². The van der Waals surface area contributed by atoms with Crippen LogP contribution >= 0.6 is 0 Å². The molecule has 0 aliphatic heterocycles. The summed E-state index contributed by atoms with van der Waals surface area (Å²) in [6, 6.07) is 6.43. The smallest absolute Gasteiger partial charge is 0.244 e. The highest BCUT2D eigenvalue weighted by molar-refractivity contribution is 5.88. The van der Waals surface area contributed by atoms with Crippen LogP contribution in [0.25, 0.3) is 0 Å². The SMILES string of the molecule is CCCCCCCCC(C)C=C(C)C=CC(=O)NC(CO)Cc1ccc(O)cc1. The monoisotopic (exact) mass is 401 g/mol. The number of carbonyl (C=O) groups is 1. The Bertz CT molecular complexity index is 634. The number of aliphatic hydroxyl groups is 1. The van der Waals surface area contributed by atoms with Crippen molar-refractivity contribution in [2.24, 2.45) is 5.92 Å². The Kier molecular flexibility index (Phi) is 12.8. The van der Waals surface area contributed by atoms with Crippen LogP contribution in [0.5, 0.6) is 5.75 Å². The van der Waals surface area contributed by atoms with Gasteiger partial charge in [0.2, 0.25) is 5.91 Å². The molecule has 1 rings (SSSR count). The van der Waals surface area contributed by atoms with Gasteiger partial charge in [0.05, 0.1) is 12.6 Å². The highest BCUT2D eigenvalue weighted by atomic mass is 16.3. The first-order valence-electron chi connectivity index (χ1n) is 11.0. The number of unbranched alkanes of at least 4 members (excludes halogenated alkanes) is 5. The molecular formula is C25H39NO3. The number of hydrogen-bond donors (Lipinski definition) is 3. The van der Waals surface area contributed by atoms with Gasteiger partial charge in [0, 0.05) is 6.08 Å². The average Bonchev–Trinajstić information content (AvgIpc) is 2.70. The second kappa shape index (κ2) is 14.9. The molecule has 0 aliphatic carbocycles. The molecule has 0 fully saturated rings. The third-order valence-electron chi connectivity index (χ3n) is 5.04. The van der Waals surface area contributed by atoms with Crippen molar-refractivity contribution >= 4 is 5.91 Å². The number of allylic oxidation sites excluding steroid dienone is 3. The first kappa shape index (κ1) is 25.0. The van der Waals surface area contributed by atoms with E-state index in [0.29, 0.717) is 12.3 Å². The van der Waals surface area contributed by atoms with Crippen molar-refractivity contribution in [2.75, 3.05) is 6.61 Å².